The van der Waals surface area contributed by atoms with Gasteiger partial charge in [-0.05, 0) is 13.5 Å². The quantitative estimate of drug-likeness (QED) is 0.393. The number of likely N-dealkylation sites (tertiary alicyclic amines) is 1. The topological polar surface area (TPSA) is 46.1 Å². The third-order valence-electron chi connectivity index (χ3n) is 2.95. The maximum atomic E-state index is 5.17. The lowest BCUT2D eigenvalue weighted by Gasteiger charge is -2.37. The summed E-state index contributed by atoms with van der Waals surface area (Å²) in [7, 11) is 7.30. The Morgan fingerprint density at radius 1 is 1.44 bits per heavy atom. The lowest BCUT2D eigenvalue weighted by molar-refractivity contribution is -0.105. The maximum Gasteiger partial charge on any atom is 0.157 e. The highest BCUT2D eigenvalue weighted by Crippen LogP contribution is 2.18. The Labute approximate surface area is 97.8 Å². The molecule has 1 saturated heterocycles. The molecule has 94 valence electrons. The predicted octanol–water partition coefficient (Wildman–Crippen LogP) is 0.523. The van der Waals surface area contributed by atoms with Crippen molar-refractivity contribution in [3.8, 4) is 0 Å². The number of rotatable bonds is 7. The van der Waals surface area contributed by atoms with Crippen LogP contribution in [0.3, 0.4) is 0 Å². The zero-order valence-electron chi connectivity index (χ0n) is 10.7. The van der Waals surface area contributed by atoms with Gasteiger partial charge in [0.05, 0.1) is 0 Å². The van der Waals surface area contributed by atoms with Gasteiger partial charge in [-0.2, -0.15) is 5.10 Å². The molecule has 0 aromatic heterocycles. The van der Waals surface area contributed by atoms with Crippen LogP contribution in [-0.4, -0.2) is 58.3 Å². The summed E-state index contributed by atoms with van der Waals surface area (Å²) in [4.78, 5) is 2.29. The lowest BCUT2D eigenvalue weighted by Crippen LogP contribution is -2.48. The molecule has 0 spiro atoms. The molecule has 1 N–H and O–H groups in total. The molecular formula is C11H23N3O2. The van der Waals surface area contributed by atoms with Crippen molar-refractivity contribution in [3.05, 3.63) is 0 Å². The van der Waals surface area contributed by atoms with Crippen LogP contribution in [0.15, 0.2) is 5.10 Å². The van der Waals surface area contributed by atoms with Gasteiger partial charge >= 0.3 is 0 Å². The average molecular weight is 229 g/mol. The number of hydrogen-bond acceptors (Lipinski definition) is 5. The standard InChI is InChI=1S/C11H23N3O2/c1-12-13-10(9-7-14(2)8-9)5-6-11(15-3)16-4/h9,11-12H,5-8H2,1-4H3/b13-10+. The summed E-state index contributed by atoms with van der Waals surface area (Å²) in [5, 5.41) is 4.35. The second kappa shape index (κ2) is 6.83. The zero-order chi connectivity index (χ0) is 12.0. The smallest absolute Gasteiger partial charge is 0.157 e. The van der Waals surface area contributed by atoms with Gasteiger partial charge in [0.1, 0.15) is 0 Å². The number of methoxy groups -OCH3 is 2. The molecule has 1 aliphatic rings. The predicted molar refractivity (Wildman–Crippen MR) is 64.5 cm³/mol. The fraction of sp³-hybridized carbons (Fsp3) is 0.909. The van der Waals surface area contributed by atoms with Crippen molar-refractivity contribution < 1.29 is 9.47 Å². The van der Waals surface area contributed by atoms with Crippen molar-refractivity contribution in [2.24, 2.45) is 11.0 Å². The minimum Gasteiger partial charge on any atom is -0.356 e. The van der Waals surface area contributed by atoms with E-state index in [0.717, 1.165) is 25.9 Å². The zero-order valence-corrected chi connectivity index (χ0v) is 10.7. The molecule has 1 rings (SSSR count). The van der Waals surface area contributed by atoms with E-state index in [4.69, 9.17) is 9.47 Å². The molecule has 0 atom stereocenters. The molecule has 1 aliphatic heterocycles. The van der Waals surface area contributed by atoms with E-state index in [-0.39, 0.29) is 6.29 Å². The first-order valence-electron chi connectivity index (χ1n) is 5.68. The largest absolute Gasteiger partial charge is 0.356 e. The van der Waals surface area contributed by atoms with E-state index in [0.29, 0.717) is 5.92 Å². The molecule has 5 nitrogen and oxygen atoms in total. The highest BCUT2D eigenvalue weighted by molar-refractivity contribution is 5.87. The highest BCUT2D eigenvalue weighted by atomic mass is 16.7. The van der Waals surface area contributed by atoms with Crippen LogP contribution in [0.2, 0.25) is 0 Å². The molecule has 0 radical (unpaired) electrons. The molecule has 5 heteroatoms. The van der Waals surface area contributed by atoms with E-state index >= 15 is 0 Å². The van der Waals surface area contributed by atoms with Gasteiger partial charge in [0, 0.05) is 52.4 Å². The van der Waals surface area contributed by atoms with Crippen molar-refractivity contribution in [1.82, 2.24) is 10.3 Å². The molecule has 0 aromatic rings. The Bertz CT molecular complexity index is 223. The summed E-state index contributed by atoms with van der Waals surface area (Å²) in [6.45, 7) is 2.20. The van der Waals surface area contributed by atoms with Crippen LogP contribution >= 0.6 is 0 Å². The van der Waals surface area contributed by atoms with Crippen LogP contribution in [0, 0.1) is 5.92 Å². The van der Waals surface area contributed by atoms with Crippen molar-refractivity contribution in [3.63, 3.8) is 0 Å². The molecule has 0 saturated carbocycles. The molecule has 16 heavy (non-hydrogen) atoms. The molecule has 0 unspecified atom stereocenters. The van der Waals surface area contributed by atoms with E-state index in [2.05, 4.69) is 22.5 Å². The van der Waals surface area contributed by atoms with Gasteiger partial charge in [-0.3, -0.25) is 0 Å². The number of nitrogens with zero attached hydrogens (tertiary/aromatic N) is 2. The van der Waals surface area contributed by atoms with Gasteiger partial charge in [0.25, 0.3) is 0 Å². The number of hydrogen-bond donors (Lipinski definition) is 1. The van der Waals surface area contributed by atoms with E-state index in [1.165, 1.54) is 5.71 Å². The van der Waals surface area contributed by atoms with Crippen LogP contribution < -0.4 is 5.43 Å². The van der Waals surface area contributed by atoms with Crippen LogP contribution in [0.5, 0.6) is 0 Å². The number of nitrogens with one attached hydrogen (secondary N) is 1. The summed E-state index contributed by atoms with van der Waals surface area (Å²) >= 11 is 0. The second-order valence-corrected chi connectivity index (χ2v) is 4.18. The Balaban J connectivity index is 2.37. The average Bonchev–Trinajstić information content (AvgIpc) is 2.25. The molecule has 0 amide bonds. The van der Waals surface area contributed by atoms with Gasteiger partial charge in [0.2, 0.25) is 0 Å². The van der Waals surface area contributed by atoms with Gasteiger partial charge in [-0.25, -0.2) is 0 Å². The molecule has 0 aromatic carbocycles. The minimum absolute atomic E-state index is 0.125. The third kappa shape index (κ3) is 3.73. The molecule has 1 fully saturated rings. The van der Waals surface area contributed by atoms with Crippen LogP contribution in [0.4, 0.5) is 0 Å². The first-order chi connectivity index (χ1) is 7.71. The first kappa shape index (κ1) is 13.4. The van der Waals surface area contributed by atoms with Gasteiger partial charge < -0.3 is 19.8 Å². The Hall–Kier alpha value is -0.650. The van der Waals surface area contributed by atoms with E-state index < -0.39 is 0 Å². The Morgan fingerprint density at radius 3 is 2.50 bits per heavy atom. The molecule has 0 aliphatic carbocycles. The van der Waals surface area contributed by atoms with E-state index in [1.54, 1.807) is 14.2 Å². The van der Waals surface area contributed by atoms with Crippen LogP contribution in [-0.2, 0) is 9.47 Å². The summed E-state index contributed by atoms with van der Waals surface area (Å²) < 4.78 is 10.3. The summed E-state index contributed by atoms with van der Waals surface area (Å²) in [5.74, 6) is 0.590. The summed E-state index contributed by atoms with van der Waals surface area (Å²) in [5.41, 5.74) is 4.10. The van der Waals surface area contributed by atoms with E-state index in [1.807, 2.05) is 7.05 Å². The number of ether oxygens (including phenoxy) is 2. The van der Waals surface area contributed by atoms with Crippen molar-refractivity contribution >= 4 is 5.71 Å². The van der Waals surface area contributed by atoms with Crippen molar-refractivity contribution in [1.29, 1.82) is 0 Å². The first-order valence-corrected chi connectivity index (χ1v) is 5.68. The van der Waals surface area contributed by atoms with Crippen molar-refractivity contribution in [2.75, 3.05) is 41.4 Å². The molecule has 1 heterocycles. The Morgan fingerprint density at radius 2 is 2.06 bits per heavy atom. The van der Waals surface area contributed by atoms with Gasteiger partial charge in [0.15, 0.2) is 6.29 Å². The SMILES string of the molecule is CN/N=C(\CCC(OC)OC)C1CN(C)C1. The second-order valence-electron chi connectivity index (χ2n) is 4.18. The Kier molecular flexibility index (Phi) is 5.73. The van der Waals surface area contributed by atoms with Gasteiger partial charge in [-0.1, -0.05) is 0 Å². The van der Waals surface area contributed by atoms with Crippen molar-refractivity contribution in [2.45, 2.75) is 19.1 Å². The van der Waals surface area contributed by atoms with Gasteiger partial charge in [-0.15, -0.1) is 0 Å². The molecule has 0 bridgehead atoms. The third-order valence-corrected chi connectivity index (χ3v) is 2.95. The van der Waals surface area contributed by atoms with Crippen LogP contribution in [0.25, 0.3) is 0 Å². The monoisotopic (exact) mass is 229 g/mol. The normalized spacial score (nSPS) is 18.9. The lowest BCUT2D eigenvalue weighted by atomic mass is 9.92. The summed E-state index contributed by atoms with van der Waals surface area (Å²) in [6.07, 6.45) is 1.65. The van der Waals surface area contributed by atoms with Crippen LogP contribution in [0.1, 0.15) is 12.8 Å². The minimum atomic E-state index is -0.125. The number of hydrazone groups is 1. The highest BCUT2D eigenvalue weighted by Gasteiger charge is 2.28. The molecular weight excluding hydrogens is 206 g/mol. The van der Waals surface area contributed by atoms with E-state index in [9.17, 15) is 0 Å². The fourth-order valence-corrected chi connectivity index (χ4v) is 2.00. The summed E-state index contributed by atoms with van der Waals surface area (Å²) in [6, 6.07) is 0. The fourth-order valence-electron chi connectivity index (χ4n) is 2.00. The maximum absolute atomic E-state index is 5.17.